The minimum atomic E-state index is -1.41. The molecular formula is C22H28O6. The molecule has 1 aliphatic rings. The lowest BCUT2D eigenvalue weighted by Crippen LogP contribution is -2.58. The van der Waals surface area contributed by atoms with Gasteiger partial charge in [0.1, 0.15) is 29.8 Å². The molecule has 0 unspecified atom stereocenters. The van der Waals surface area contributed by atoms with E-state index >= 15 is 0 Å². The van der Waals surface area contributed by atoms with Gasteiger partial charge in [0.15, 0.2) is 0 Å². The average molecular weight is 388 g/mol. The first-order chi connectivity index (χ1) is 13.2. The number of hydrogen-bond donors (Lipinski definition) is 4. The van der Waals surface area contributed by atoms with Crippen molar-refractivity contribution >= 4 is 0 Å². The molecule has 6 heteroatoms. The third-order valence-electron chi connectivity index (χ3n) is 4.40. The first kappa shape index (κ1) is 22.0. The Bertz CT molecular complexity index is 784. The third-order valence-corrected chi connectivity index (χ3v) is 4.40. The first-order valence-electron chi connectivity index (χ1n) is 9.21. The number of benzene rings is 1. The van der Waals surface area contributed by atoms with E-state index in [0.717, 1.165) is 18.4 Å². The number of aromatic hydroxyl groups is 1. The molecule has 5 atom stereocenters. The van der Waals surface area contributed by atoms with Crippen LogP contribution in [0.5, 0.6) is 11.5 Å². The second-order valence-corrected chi connectivity index (χ2v) is 7.15. The van der Waals surface area contributed by atoms with Gasteiger partial charge in [0.2, 0.25) is 6.29 Å². The SMILES string of the molecule is C=C(C#Cc1cc(O[C@@H]2O[C@@H](C)[C@H](O)[C@@H](O)[C@H]2O)ccc1O)CCC=C(C)C. The van der Waals surface area contributed by atoms with E-state index in [2.05, 4.69) is 24.5 Å². The highest BCUT2D eigenvalue weighted by molar-refractivity contribution is 5.51. The van der Waals surface area contributed by atoms with Crippen molar-refractivity contribution in [1.82, 2.24) is 0 Å². The highest BCUT2D eigenvalue weighted by Gasteiger charge is 2.43. The van der Waals surface area contributed by atoms with Crippen LogP contribution in [-0.2, 0) is 4.74 Å². The fourth-order valence-electron chi connectivity index (χ4n) is 2.69. The smallest absolute Gasteiger partial charge is 0.229 e. The second-order valence-electron chi connectivity index (χ2n) is 7.15. The summed E-state index contributed by atoms with van der Waals surface area (Å²) in [5.74, 6) is 6.10. The van der Waals surface area contributed by atoms with Crippen LogP contribution in [0.25, 0.3) is 0 Å². The van der Waals surface area contributed by atoms with Gasteiger partial charge in [0.05, 0.1) is 11.7 Å². The van der Waals surface area contributed by atoms with Crippen LogP contribution in [-0.4, -0.2) is 51.1 Å². The molecule has 28 heavy (non-hydrogen) atoms. The van der Waals surface area contributed by atoms with Crippen molar-refractivity contribution in [2.24, 2.45) is 0 Å². The molecule has 152 valence electrons. The summed E-state index contributed by atoms with van der Waals surface area (Å²) in [5.41, 5.74) is 2.34. The zero-order chi connectivity index (χ0) is 20.8. The maximum atomic E-state index is 10.1. The van der Waals surface area contributed by atoms with Crippen molar-refractivity contribution < 1.29 is 29.9 Å². The zero-order valence-corrected chi connectivity index (χ0v) is 16.4. The first-order valence-corrected chi connectivity index (χ1v) is 9.21. The van der Waals surface area contributed by atoms with E-state index in [0.29, 0.717) is 11.3 Å². The molecule has 1 saturated heterocycles. The summed E-state index contributed by atoms with van der Waals surface area (Å²) in [6.07, 6.45) is -2.15. The Labute approximate surface area is 165 Å². The Hall–Kier alpha value is -2.30. The molecule has 6 nitrogen and oxygen atoms in total. The van der Waals surface area contributed by atoms with Crippen molar-refractivity contribution in [2.75, 3.05) is 0 Å². The van der Waals surface area contributed by atoms with Crippen molar-refractivity contribution in [3.05, 3.63) is 47.6 Å². The Morgan fingerprint density at radius 1 is 1.21 bits per heavy atom. The summed E-state index contributed by atoms with van der Waals surface area (Å²) in [6, 6.07) is 4.45. The van der Waals surface area contributed by atoms with Crippen molar-refractivity contribution in [1.29, 1.82) is 0 Å². The molecule has 0 saturated carbocycles. The summed E-state index contributed by atoms with van der Waals surface area (Å²) in [4.78, 5) is 0. The second kappa shape index (κ2) is 9.76. The number of aliphatic hydroxyl groups is 3. The third kappa shape index (κ3) is 5.85. The number of phenolic OH excluding ortho intramolecular Hbond substituents is 1. The molecule has 0 amide bonds. The number of rotatable bonds is 5. The molecule has 1 aliphatic heterocycles. The van der Waals surface area contributed by atoms with E-state index in [1.807, 2.05) is 13.8 Å². The molecule has 1 heterocycles. The van der Waals surface area contributed by atoms with Gasteiger partial charge >= 0.3 is 0 Å². The van der Waals surface area contributed by atoms with E-state index in [9.17, 15) is 20.4 Å². The maximum Gasteiger partial charge on any atom is 0.229 e. The van der Waals surface area contributed by atoms with Crippen molar-refractivity contribution in [3.8, 4) is 23.3 Å². The van der Waals surface area contributed by atoms with Crippen LogP contribution in [0.3, 0.4) is 0 Å². The van der Waals surface area contributed by atoms with Gasteiger partial charge in [-0.3, -0.25) is 0 Å². The van der Waals surface area contributed by atoms with Gasteiger partial charge in [-0.05, 0) is 57.4 Å². The monoisotopic (exact) mass is 388 g/mol. The Kier molecular flexibility index (Phi) is 7.67. The minimum absolute atomic E-state index is 0.00844. The van der Waals surface area contributed by atoms with Crippen molar-refractivity contribution in [3.63, 3.8) is 0 Å². The number of hydrogen-bond acceptors (Lipinski definition) is 6. The topological polar surface area (TPSA) is 99.4 Å². The predicted molar refractivity (Wildman–Crippen MR) is 106 cm³/mol. The fraction of sp³-hybridized carbons (Fsp3) is 0.455. The molecule has 0 spiro atoms. The number of aliphatic hydroxyl groups excluding tert-OH is 3. The number of ether oxygens (including phenoxy) is 2. The quantitative estimate of drug-likeness (QED) is 0.456. The summed E-state index contributed by atoms with van der Waals surface area (Å²) >= 11 is 0. The standard InChI is InChI=1S/C22H28O6/c1-13(2)6-5-7-14(3)8-9-16-12-17(10-11-18(16)23)28-22-21(26)20(25)19(24)15(4)27-22/h6,10-12,15,19-26H,3,5,7H2,1-2,4H3/t15-,19-,20+,21+,22-/m0/s1. The van der Waals surface area contributed by atoms with E-state index < -0.39 is 30.7 Å². The molecule has 0 radical (unpaired) electrons. The normalized spacial score (nSPS) is 26.7. The Morgan fingerprint density at radius 3 is 2.61 bits per heavy atom. The number of phenols is 1. The molecule has 0 bridgehead atoms. The van der Waals surface area contributed by atoms with Crippen LogP contribution < -0.4 is 4.74 Å². The maximum absolute atomic E-state index is 10.1. The van der Waals surface area contributed by atoms with Crippen LogP contribution in [0, 0.1) is 11.8 Å². The van der Waals surface area contributed by atoms with Gasteiger partial charge in [-0.2, -0.15) is 0 Å². The molecule has 2 rings (SSSR count). The van der Waals surface area contributed by atoms with Gasteiger partial charge in [0, 0.05) is 0 Å². The fourth-order valence-corrected chi connectivity index (χ4v) is 2.69. The minimum Gasteiger partial charge on any atom is -0.507 e. The zero-order valence-electron chi connectivity index (χ0n) is 16.4. The highest BCUT2D eigenvalue weighted by Crippen LogP contribution is 2.27. The summed E-state index contributed by atoms with van der Waals surface area (Å²) in [5, 5.41) is 39.7. The molecule has 1 aromatic rings. The van der Waals surface area contributed by atoms with Crippen LogP contribution in [0.15, 0.2) is 42.0 Å². The van der Waals surface area contributed by atoms with Gasteiger partial charge in [0.25, 0.3) is 0 Å². The molecule has 0 aliphatic carbocycles. The van der Waals surface area contributed by atoms with Crippen LogP contribution in [0.2, 0.25) is 0 Å². The van der Waals surface area contributed by atoms with Gasteiger partial charge < -0.3 is 29.9 Å². The Morgan fingerprint density at radius 2 is 1.93 bits per heavy atom. The van der Waals surface area contributed by atoms with Gasteiger partial charge in [-0.1, -0.05) is 30.1 Å². The van der Waals surface area contributed by atoms with E-state index in [1.54, 1.807) is 6.92 Å². The van der Waals surface area contributed by atoms with Crippen LogP contribution in [0.1, 0.15) is 39.2 Å². The summed E-state index contributed by atoms with van der Waals surface area (Å²) in [7, 11) is 0. The van der Waals surface area contributed by atoms with E-state index in [-0.39, 0.29) is 5.75 Å². The highest BCUT2D eigenvalue weighted by atomic mass is 16.7. The molecule has 1 fully saturated rings. The lowest BCUT2D eigenvalue weighted by Gasteiger charge is -2.38. The molecular weight excluding hydrogens is 360 g/mol. The van der Waals surface area contributed by atoms with Gasteiger partial charge in [-0.15, -0.1) is 0 Å². The van der Waals surface area contributed by atoms with Crippen molar-refractivity contribution in [2.45, 2.75) is 64.3 Å². The predicted octanol–water partition coefficient (Wildman–Crippen LogP) is 2.25. The largest absolute Gasteiger partial charge is 0.507 e. The van der Waals surface area contributed by atoms with Crippen LogP contribution >= 0.6 is 0 Å². The number of allylic oxidation sites excluding steroid dienone is 3. The van der Waals surface area contributed by atoms with E-state index in [1.165, 1.54) is 23.8 Å². The average Bonchev–Trinajstić information content (AvgIpc) is 2.64. The Balaban J connectivity index is 2.08. The lowest BCUT2D eigenvalue weighted by atomic mass is 10.00. The molecule has 1 aromatic carbocycles. The van der Waals surface area contributed by atoms with Crippen LogP contribution in [0.4, 0.5) is 0 Å². The summed E-state index contributed by atoms with van der Waals surface area (Å²) in [6.45, 7) is 9.57. The van der Waals surface area contributed by atoms with Gasteiger partial charge in [-0.25, -0.2) is 0 Å². The molecule has 4 N–H and O–H groups in total. The van der Waals surface area contributed by atoms with E-state index in [4.69, 9.17) is 9.47 Å². The molecule has 0 aromatic heterocycles. The lowest BCUT2D eigenvalue weighted by molar-refractivity contribution is -0.268. The summed E-state index contributed by atoms with van der Waals surface area (Å²) < 4.78 is 11.0.